The van der Waals surface area contributed by atoms with E-state index in [0.717, 1.165) is 12.1 Å². The summed E-state index contributed by atoms with van der Waals surface area (Å²) in [6.07, 6.45) is 3.36. The molecule has 0 aliphatic carbocycles. The summed E-state index contributed by atoms with van der Waals surface area (Å²) in [4.78, 5) is 12.5. The zero-order valence-corrected chi connectivity index (χ0v) is 13.7. The topological polar surface area (TPSA) is 51.2 Å². The molecule has 0 radical (unpaired) electrons. The highest BCUT2D eigenvalue weighted by Crippen LogP contribution is 2.22. The molecule has 0 saturated carbocycles. The Bertz CT molecular complexity index is 819. The number of rotatable bonds is 3. The Hall–Kier alpha value is -1.79. The normalized spacial score (nSPS) is 11.5. The summed E-state index contributed by atoms with van der Waals surface area (Å²) in [5, 5.41) is 0. The van der Waals surface area contributed by atoms with E-state index in [1.165, 1.54) is 12.1 Å². The summed E-state index contributed by atoms with van der Waals surface area (Å²) in [5.41, 5.74) is 0.324. The van der Waals surface area contributed by atoms with E-state index in [2.05, 4.69) is 0 Å². The Kier molecular flexibility index (Phi) is 4.93. The van der Waals surface area contributed by atoms with E-state index < -0.39 is 31.9 Å². The average Bonchev–Trinajstić information content (AvgIpc) is 2.48. The molecule has 0 aromatic heterocycles. The third-order valence-corrected chi connectivity index (χ3v) is 7.11. The monoisotopic (exact) mass is 338 g/mol. The first-order valence-electron chi connectivity index (χ1n) is 6.39. The number of sulfone groups is 1. The molecule has 3 nitrogen and oxygen atoms in total. The van der Waals surface area contributed by atoms with Gasteiger partial charge in [0.15, 0.2) is 0 Å². The van der Waals surface area contributed by atoms with Crippen LogP contribution in [0.3, 0.4) is 0 Å². The van der Waals surface area contributed by atoms with E-state index in [1.807, 2.05) is 0 Å². The predicted octanol–water partition coefficient (Wildman–Crippen LogP) is 3.14. The van der Waals surface area contributed by atoms with Crippen LogP contribution in [-0.2, 0) is 9.84 Å². The second-order valence-corrected chi connectivity index (χ2v) is 8.94. The van der Waals surface area contributed by atoms with Gasteiger partial charge in [-0.05, 0) is 36.8 Å². The molecule has 2 aromatic carbocycles. The number of benzene rings is 2. The fourth-order valence-electron chi connectivity index (χ4n) is 1.96. The van der Waals surface area contributed by atoms with E-state index in [9.17, 15) is 17.6 Å². The minimum Gasteiger partial charge on any atom is -0.287 e. The lowest BCUT2D eigenvalue weighted by Crippen LogP contribution is -2.25. The Morgan fingerprint density at radius 1 is 0.955 bits per heavy atom. The number of carbonyl (C=O) groups excluding carboxylic acids is 1. The van der Waals surface area contributed by atoms with Gasteiger partial charge in [0.05, 0.1) is 4.90 Å². The molecule has 0 unspecified atom stereocenters. The van der Waals surface area contributed by atoms with Crippen LogP contribution >= 0.6 is 10.5 Å². The highest BCUT2D eigenvalue weighted by Gasteiger charge is 2.29. The number of Topliss-reactive ketones (excluding diaryl/α,β-unsaturated/α-hetero) is 1. The van der Waals surface area contributed by atoms with Crippen LogP contribution in [0.2, 0.25) is 0 Å². The molecule has 0 bridgehead atoms. The number of halogens is 1. The summed E-state index contributed by atoms with van der Waals surface area (Å²) < 4.78 is 38.3. The summed E-state index contributed by atoms with van der Waals surface area (Å²) in [5.74, 6) is -1.04. The standard InChI is InChI=1S/C16H15FO3S2/c1-21(2)16(15(18)12-6-4-3-5-7-12)22(19,20)14-10-8-13(17)9-11-14/h3-11H,1-2H3. The molecule has 0 atom stereocenters. The minimum atomic E-state index is -3.95. The van der Waals surface area contributed by atoms with Gasteiger partial charge in [0, 0.05) is 5.56 Å². The highest BCUT2D eigenvalue weighted by molar-refractivity contribution is 8.32. The summed E-state index contributed by atoms with van der Waals surface area (Å²) >= 11 is 0. The van der Waals surface area contributed by atoms with Crippen molar-refractivity contribution in [1.82, 2.24) is 0 Å². The maximum Gasteiger partial charge on any atom is 0.215 e. The van der Waals surface area contributed by atoms with Crippen LogP contribution in [0.1, 0.15) is 10.4 Å². The van der Waals surface area contributed by atoms with Crippen molar-refractivity contribution in [3.63, 3.8) is 0 Å². The van der Waals surface area contributed by atoms with Crippen molar-refractivity contribution in [3.8, 4) is 0 Å². The molecule has 0 fully saturated rings. The molecule has 2 aromatic rings. The van der Waals surface area contributed by atoms with Crippen LogP contribution in [0, 0.1) is 5.82 Å². The van der Waals surface area contributed by atoms with Gasteiger partial charge >= 0.3 is 0 Å². The maximum atomic E-state index is 13.0. The van der Waals surface area contributed by atoms with E-state index in [1.54, 1.807) is 42.8 Å². The highest BCUT2D eigenvalue weighted by atomic mass is 32.2. The zero-order chi connectivity index (χ0) is 16.3. The lowest BCUT2D eigenvalue weighted by molar-refractivity contribution is 0.107. The van der Waals surface area contributed by atoms with Crippen LogP contribution in [-0.4, -0.2) is 30.9 Å². The predicted molar refractivity (Wildman–Crippen MR) is 88.8 cm³/mol. The van der Waals surface area contributed by atoms with Crippen molar-refractivity contribution >= 4 is 30.3 Å². The Morgan fingerprint density at radius 3 is 2.00 bits per heavy atom. The van der Waals surface area contributed by atoms with Gasteiger partial charge < -0.3 is 0 Å². The number of carbonyl (C=O) groups is 1. The molecule has 0 saturated heterocycles. The Labute approximate surface area is 131 Å². The summed E-state index contributed by atoms with van der Waals surface area (Å²) in [7, 11) is -4.73. The molecule has 22 heavy (non-hydrogen) atoms. The quantitative estimate of drug-likeness (QED) is 0.491. The maximum absolute atomic E-state index is 13.0. The number of hydrogen-bond acceptors (Lipinski definition) is 3. The van der Waals surface area contributed by atoms with Crippen molar-refractivity contribution in [2.24, 2.45) is 0 Å². The van der Waals surface area contributed by atoms with Crippen molar-refractivity contribution in [2.75, 3.05) is 12.5 Å². The van der Waals surface area contributed by atoms with E-state index in [-0.39, 0.29) is 9.09 Å². The molecule has 116 valence electrons. The van der Waals surface area contributed by atoms with E-state index in [0.29, 0.717) is 5.56 Å². The van der Waals surface area contributed by atoms with Gasteiger partial charge in [-0.1, -0.05) is 30.3 Å². The van der Waals surface area contributed by atoms with Gasteiger partial charge in [-0.25, -0.2) is 12.8 Å². The molecule has 0 heterocycles. The molecule has 0 spiro atoms. The molecule has 6 heteroatoms. The van der Waals surface area contributed by atoms with Gasteiger partial charge in [-0.3, -0.25) is 4.79 Å². The summed E-state index contributed by atoms with van der Waals surface area (Å²) in [6, 6.07) is 12.8. The SMILES string of the molecule is CS(C)=C(C(=O)c1ccccc1)S(=O)(=O)c1ccc(F)cc1. The molecule has 0 N–H and O–H groups in total. The van der Waals surface area contributed by atoms with Crippen LogP contribution in [0.5, 0.6) is 0 Å². The average molecular weight is 338 g/mol. The van der Waals surface area contributed by atoms with Crippen LogP contribution in [0.4, 0.5) is 4.39 Å². The molecule has 0 amide bonds. The van der Waals surface area contributed by atoms with Gasteiger partial charge in [-0.15, -0.1) is 0 Å². The lowest BCUT2D eigenvalue weighted by atomic mass is 10.1. The van der Waals surface area contributed by atoms with Gasteiger partial charge in [0.1, 0.15) is 10.0 Å². The molecular formula is C16H15FO3S2. The summed E-state index contributed by atoms with van der Waals surface area (Å²) in [6.45, 7) is 0. The third-order valence-electron chi connectivity index (χ3n) is 2.96. The van der Waals surface area contributed by atoms with Crippen LogP contribution < -0.4 is 0 Å². The van der Waals surface area contributed by atoms with E-state index >= 15 is 0 Å². The third kappa shape index (κ3) is 3.34. The molecule has 0 aliphatic rings. The van der Waals surface area contributed by atoms with Crippen molar-refractivity contribution in [1.29, 1.82) is 0 Å². The second kappa shape index (κ2) is 6.54. The molecule has 2 rings (SSSR count). The molecule has 0 aliphatic heterocycles. The number of hydrogen-bond donors (Lipinski definition) is 0. The fraction of sp³-hybridized carbons (Fsp3) is 0.125. The van der Waals surface area contributed by atoms with Crippen LogP contribution in [0.25, 0.3) is 0 Å². The Balaban J connectivity index is 2.56. The van der Waals surface area contributed by atoms with Crippen LogP contribution in [0.15, 0.2) is 59.5 Å². The number of ketones is 1. The smallest absolute Gasteiger partial charge is 0.215 e. The van der Waals surface area contributed by atoms with Gasteiger partial charge in [0.2, 0.25) is 15.6 Å². The minimum absolute atomic E-state index is 0.0746. The first-order chi connectivity index (χ1) is 10.3. The fourth-order valence-corrected chi connectivity index (χ4v) is 5.56. The van der Waals surface area contributed by atoms with Crippen molar-refractivity contribution in [3.05, 3.63) is 66.0 Å². The van der Waals surface area contributed by atoms with Crippen molar-refractivity contribution < 1.29 is 17.6 Å². The van der Waals surface area contributed by atoms with Gasteiger partial charge in [0.25, 0.3) is 0 Å². The van der Waals surface area contributed by atoms with E-state index in [4.69, 9.17) is 0 Å². The molecular weight excluding hydrogens is 323 g/mol. The van der Waals surface area contributed by atoms with Gasteiger partial charge in [-0.2, -0.15) is 10.5 Å². The Morgan fingerprint density at radius 2 is 1.50 bits per heavy atom. The second-order valence-electron chi connectivity index (χ2n) is 4.76. The van der Waals surface area contributed by atoms with Crippen molar-refractivity contribution in [2.45, 2.75) is 4.90 Å². The lowest BCUT2D eigenvalue weighted by Gasteiger charge is -2.11. The first kappa shape index (κ1) is 16.6. The zero-order valence-electron chi connectivity index (χ0n) is 12.1. The largest absolute Gasteiger partial charge is 0.287 e. The first-order valence-corrected chi connectivity index (χ1v) is 9.91.